The summed E-state index contributed by atoms with van der Waals surface area (Å²) in [6, 6.07) is 0. The molecule has 2 aliphatic rings. The molecular formula is C18H27F3O5S. The van der Waals surface area contributed by atoms with Crippen LogP contribution in [0.2, 0.25) is 0 Å². The van der Waals surface area contributed by atoms with Crippen molar-refractivity contribution in [3.05, 3.63) is 11.8 Å². The zero-order chi connectivity index (χ0) is 20.5. The average Bonchev–Trinajstić information content (AvgIpc) is 2.92. The van der Waals surface area contributed by atoms with Gasteiger partial charge >= 0.3 is 21.6 Å². The lowest BCUT2D eigenvalue weighted by Gasteiger charge is -2.40. The summed E-state index contributed by atoms with van der Waals surface area (Å²) >= 11 is 0. The first-order valence-corrected chi connectivity index (χ1v) is 10.6. The number of allylic oxidation sites excluding steroid dienone is 2. The highest BCUT2D eigenvalue weighted by molar-refractivity contribution is 7.87. The molecule has 0 heterocycles. The number of fused-ring (bicyclic) bond motifs is 1. The zero-order valence-corrected chi connectivity index (χ0v) is 16.7. The van der Waals surface area contributed by atoms with Crippen molar-refractivity contribution in [1.82, 2.24) is 0 Å². The van der Waals surface area contributed by atoms with Gasteiger partial charge in [0.1, 0.15) is 5.76 Å². The van der Waals surface area contributed by atoms with E-state index in [2.05, 4.69) is 15.8 Å². The number of hydrogen-bond donors (Lipinski definition) is 0. The van der Waals surface area contributed by atoms with Gasteiger partial charge < -0.3 is 8.92 Å². The lowest BCUT2D eigenvalue weighted by atomic mass is 9.67. The second-order valence-corrected chi connectivity index (χ2v) is 9.34. The van der Waals surface area contributed by atoms with Crippen LogP contribution in [0.3, 0.4) is 0 Å². The maximum atomic E-state index is 12.7. The van der Waals surface area contributed by atoms with Crippen LogP contribution in [-0.2, 0) is 23.8 Å². The Morgan fingerprint density at radius 1 is 1.37 bits per heavy atom. The van der Waals surface area contributed by atoms with Crippen LogP contribution in [0, 0.1) is 23.2 Å². The van der Waals surface area contributed by atoms with E-state index in [0.717, 1.165) is 19.3 Å². The third-order valence-corrected chi connectivity index (χ3v) is 7.15. The molecule has 4 unspecified atom stereocenters. The lowest BCUT2D eigenvalue weighted by molar-refractivity contribution is -0.140. The smallest absolute Gasteiger partial charge is 0.469 e. The molecule has 0 amide bonds. The summed E-state index contributed by atoms with van der Waals surface area (Å²) in [6.07, 6.45) is 6.01. The van der Waals surface area contributed by atoms with E-state index in [0.29, 0.717) is 25.7 Å². The third-order valence-electron chi connectivity index (χ3n) is 6.18. The molecule has 0 saturated heterocycles. The topological polar surface area (TPSA) is 69.7 Å². The molecule has 1 fully saturated rings. The number of carbonyl (C=O) groups is 1. The second kappa shape index (κ2) is 8.01. The van der Waals surface area contributed by atoms with Gasteiger partial charge in [0, 0.05) is 11.8 Å². The fraction of sp³-hybridized carbons (Fsp3) is 0.833. The van der Waals surface area contributed by atoms with Crippen LogP contribution in [-0.4, -0.2) is 27.0 Å². The first-order valence-electron chi connectivity index (χ1n) is 9.20. The summed E-state index contributed by atoms with van der Waals surface area (Å²) in [5.41, 5.74) is -6.14. The Labute approximate surface area is 158 Å². The highest BCUT2D eigenvalue weighted by atomic mass is 32.2. The molecule has 0 N–H and O–H groups in total. The number of esters is 1. The maximum Gasteiger partial charge on any atom is 0.534 e. The van der Waals surface area contributed by atoms with Gasteiger partial charge in [-0.15, -0.1) is 0 Å². The van der Waals surface area contributed by atoms with Crippen molar-refractivity contribution < 1.29 is 35.3 Å². The average molecular weight is 412 g/mol. The van der Waals surface area contributed by atoms with Gasteiger partial charge in [-0.1, -0.05) is 13.8 Å². The van der Waals surface area contributed by atoms with E-state index in [-0.39, 0.29) is 29.5 Å². The van der Waals surface area contributed by atoms with Crippen LogP contribution in [0.5, 0.6) is 0 Å². The molecule has 9 heteroatoms. The van der Waals surface area contributed by atoms with Gasteiger partial charge in [-0.2, -0.15) is 21.6 Å². The Hall–Kier alpha value is -1.25. The predicted molar refractivity (Wildman–Crippen MR) is 92.7 cm³/mol. The highest BCUT2D eigenvalue weighted by Gasteiger charge is 2.55. The number of alkyl halides is 3. The molecule has 0 aromatic heterocycles. The van der Waals surface area contributed by atoms with Gasteiger partial charge in [0.2, 0.25) is 0 Å². The van der Waals surface area contributed by atoms with Gasteiger partial charge in [0.05, 0.1) is 7.11 Å². The minimum atomic E-state index is -5.66. The quantitative estimate of drug-likeness (QED) is 0.349. The minimum absolute atomic E-state index is 0.0639. The Morgan fingerprint density at radius 2 is 2.04 bits per heavy atom. The normalized spacial score (nSPS) is 29.6. The number of rotatable bonds is 7. The van der Waals surface area contributed by atoms with E-state index in [1.165, 1.54) is 13.2 Å². The van der Waals surface area contributed by atoms with Crippen LogP contribution in [0.1, 0.15) is 58.8 Å². The van der Waals surface area contributed by atoms with Gasteiger partial charge in [0.15, 0.2) is 0 Å². The van der Waals surface area contributed by atoms with Crippen LogP contribution in [0.15, 0.2) is 11.8 Å². The van der Waals surface area contributed by atoms with Gasteiger partial charge in [-0.3, -0.25) is 4.79 Å². The van der Waals surface area contributed by atoms with Crippen molar-refractivity contribution in [3.8, 4) is 0 Å². The van der Waals surface area contributed by atoms with Gasteiger partial charge in [0.25, 0.3) is 0 Å². The molecule has 5 nitrogen and oxygen atoms in total. The summed E-state index contributed by atoms with van der Waals surface area (Å²) in [4.78, 5) is 11.3. The monoisotopic (exact) mass is 412 g/mol. The molecule has 0 spiro atoms. The maximum absolute atomic E-state index is 12.7. The van der Waals surface area contributed by atoms with Crippen LogP contribution in [0.4, 0.5) is 13.2 Å². The summed E-state index contributed by atoms with van der Waals surface area (Å²) < 4.78 is 70.3. The molecular weight excluding hydrogens is 385 g/mol. The number of carbonyl (C=O) groups excluding carboxylic acids is 1. The molecule has 156 valence electrons. The highest BCUT2D eigenvalue weighted by Crippen LogP contribution is 2.58. The SMILES string of the molecule is COC(=O)CCCC(C)C1CCC2(C)C(OS(=O)(=O)C(F)(F)F)=CCCC12. The molecule has 0 aliphatic heterocycles. The molecule has 4 atom stereocenters. The third kappa shape index (κ3) is 4.60. The Morgan fingerprint density at radius 3 is 2.63 bits per heavy atom. The summed E-state index contributed by atoms with van der Waals surface area (Å²) in [7, 11) is -4.31. The Balaban J connectivity index is 2.08. The molecule has 0 aromatic rings. The lowest BCUT2D eigenvalue weighted by Crippen LogP contribution is -2.36. The van der Waals surface area contributed by atoms with Crippen molar-refractivity contribution in [3.63, 3.8) is 0 Å². The number of ether oxygens (including phenoxy) is 1. The summed E-state index contributed by atoms with van der Waals surface area (Å²) in [5.74, 6) is 0.273. The van der Waals surface area contributed by atoms with Crippen LogP contribution < -0.4 is 0 Å². The molecule has 0 bridgehead atoms. The number of methoxy groups -OCH3 is 1. The largest absolute Gasteiger partial charge is 0.534 e. The predicted octanol–water partition coefficient (Wildman–Crippen LogP) is 4.54. The van der Waals surface area contributed by atoms with E-state index in [9.17, 15) is 26.4 Å². The van der Waals surface area contributed by atoms with Crippen LogP contribution >= 0.6 is 0 Å². The van der Waals surface area contributed by atoms with Crippen molar-refractivity contribution >= 4 is 16.1 Å². The molecule has 27 heavy (non-hydrogen) atoms. The van der Waals surface area contributed by atoms with Crippen molar-refractivity contribution in [2.24, 2.45) is 23.2 Å². The van der Waals surface area contributed by atoms with Crippen molar-refractivity contribution in [2.45, 2.75) is 64.3 Å². The molecule has 2 rings (SSSR count). The van der Waals surface area contributed by atoms with E-state index in [1.807, 2.05) is 0 Å². The number of halogens is 3. The molecule has 1 saturated carbocycles. The number of hydrogen-bond acceptors (Lipinski definition) is 5. The fourth-order valence-corrected chi connectivity index (χ4v) is 5.24. The fourth-order valence-electron chi connectivity index (χ4n) is 4.65. The van der Waals surface area contributed by atoms with E-state index in [4.69, 9.17) is 0 Å². The molecule has 0 radical (unpaired) electrons. The zero-order valence-electron chi connectivity index (χ0n) is 15.8. The first-order chi connectivity index (χ1) is 12.4. The summed E-state index contributed by atoms with van der Waals surface area (Å²) in [5, 5.41) is 0. The van der Waals surface area contributed by atoms with E-state index >= 15 is 0 Å². The van der Waals surface area contributed by atoms with Crippen molar-refractivity contribution in [2.75, 3.05) is 7.11 Å². The molecule has 0 aromatic carbocycles. The van der Waals surface area contributed by atoms with Gasteiger partial charge in [-0.05, 0) is 62.4 Å². The summed E-state index contributed by atoms with van der Waals surface area (Å²) in [6.45, 7) is 3.88. The first kappa shape index (κ1) is 22.0. The van der Waals surface area contributed by atoms with E-state index in [1.54, 1.807) is 6.92 Å². The standard InChI is InChI=1S/C18H27F3O5S/c1-12(6-4-9-16(22)25-3)13-10-11-17(2)14(13)7-5-8-15(17)26-27(23,24)18(19,20)21/h8,12-14H,4-7,9-11H2,1-3H3. The minimum Gasteiger partial charge on any atom is -0.469 e. The van der Waals surface area contributed by atoms with E-state index < -0.39 is 21.0 Å². The van der Waals surface area contributed by atoms with Crippen LogP contribution in [0.25, 0.3) is 0 Å². The second-order valence-electron chi connectivity index (χ2n) is 7.80. The molecule has 2 aliphatic carbocycles. The van der Waals surface area contributed by atoms with Gasteiger partial charge in [-0.25, -0.2) is 0 Å². The van der Waals surface area contributed by atoms with Crippen molar-refractivity contribution in [1.29, 1.82) is 0 Å². The Bertz CT molecular complexity index is 686. The Kier molecular flexibility index (Phi) is 6.54.